The first-order valence-electron chi connectivity index (χ1n) is 5.28. The first-order chi connectivity index (χ1) is 7.66. The molecule has 0 aromatic rings. The van der Waals surface area contributed by atoms with Crippen LogP contribution in [-0.2, 0) is 14.3 Å². The zero-order valence-corrected chi connectivity index (χ0v) is 9.53. The average molecular weight is 233 g/mol. The number of ether oxygens (including phenoxy) is 2. The highest BCUT2D eigenvalue weighted by atomic mass is 16.6. The molecule has 0 spiro atoms. The van der Waals surface area contributed by atoms with Crippen molar-refractivity contribution in [3.8, 4) is 0 Å². The number of nitrogens with one attached hydrogen (secondary N) is 1. The summed E-state index contributed by atoms with van der Waals surface area (Å²) in [5.41, 5.74) is 0. The van der Waals surface area contributed by atoms with Gasteiger partial charge in [0.1, 0.15) is 6.61 Å². The first-order valence-corrected chi connectivity index (χ1v) is 5.28. The summed E-state index contributed by atoms with van der Waals surface area (Å²) in [7, 11) is 1.53. The molecule has 0 unspecified atom stereocenters. The Morgan fingerprint density at radius 1 is 1.19 bits per heavy atom. The molecule has 0 aromatic carbocycles. The van der Waals surface area contributed by atoms with Crippen LogP contribution in [0, 0.1) is 0 Å². The second-order valence-corrected chi connectivity index (χ2v) is 3.26. The molecule has 2 N–H and O–H groups in total. The number of methoxy groups -OCH3 is 1. The third kappa shape index (κ3) is 10.8. The van der Waals surface area contributed by atoms with Gasteiger partial charge in [-0.25, -0.2) is 4.79 Å². The van der Waals surface area contributed by atoms with E-state index in [0.29, 0.717) is 19.6 Å². The maximum absolute atomic E-state index is 11.0. The van der Waals surface area contributed by atoms with E-state index < -0.39 is 12.1 Å². The SMILES string of the molecule is COCCOC(=O)NCCCCCC(=O)O. The van der Waals surface area contributed by atoms with E-state index in [0.717, 1.165) is 12.8 Å². The van der Waals surface area contributed by atoms with Gasteiger partial charge in [-0.1, -0.05) is 6.42 Å². The Kier molecular flexibility index (Phi) is 9.39. The molecule has 0 heterocycles. The van der Waals surface area contributed by atoms with E-state index in [1.54, 1.807) is 0 Å². The molecule has 94 valence electrons. The number of hydrogen-bond donors (Lipinski definition) is 2. The number of amides is 1. The lowest BCUT2D eigenvalue weighted by molar-refractivity contribution is -0.137. The second-order valence-electron chi connectivity index (χ2n) is 3.26. The van der Waals surface area contributed by atoms with Crippen molar-refractivity contribution >= 4 is 12.1 Å². The molecule has 0 saturated carbocycles. The molecule has 0 atom stereocenters. The fourth-order valence-corrected chi connectivity index (χ4v) is 1.04. The van der Waals surface area contributed by atoms with E-state index in [-0.39, 0.29) is 13.0 Å². The summed E-state index contributed by atoms with van der Waals surface area (Å²) in [5, 5.41) is 10.9. The maximum atomic E-state index is 11.0. The molecule has 6 nitrogen and oxygen atoms in total. The maximum Gasteiger partial charge on any atom is 0.407 e. The summed E-state index contributed by atoms with van der Waals surface area (Å²) in [6.07, 6.45) is 1.89. The standard InChI is InChI=1S/C10H19NO5/c1-15-7-8-16-10(14)11-6-4-2-3-5-9(12)13/h2-8H2,1H3,(H,11,14)(H,12,13). The second kappa shape index (κ2) is 10.2. The van der Waals surface area contributed by atoms with Crippen LogP contribution in [0.25, 0.3) is 0 Å². The number of carboxylic acids is 1. The van der Waals surface area contributed by atoms with Crippen LogP contribution in [0.1, 0.15) is 25.7 Å². The van der Waals surface area contributed by atoms with Crippen molar-refractivity contribution in [2.24, 2.45) is 0 Å². The number of carboxylic acid groups (broad SMARTS) is 1. The van der Waals surface area contributed by atoms with Crippen LogP contribution in [0.5, 0.6) is 0 Å². The minimum Gasteiger partial charge on any atom is -0.481 e. The van der Waals surface area contributed by atoms with E-state index >= 15 is 0 Å². The number of carbonyl (C=O) groups is 2. The minimum absolute atomic E-state index is 0.179. The topological polar surface area (TPSA) is 84.9 Å². The van der Waals surface area contributed by atoms with Crippen LogP contribution in [0.15, 0.2) is 0 Å². The van der Waals surface area contributed by atoms with Crippen molar-refractivity contribution in [3.63, 3.8) is 0 Å². The van der Waals surface area contributed by atoms with Gasteiger partial charge in [-0.3, -0.25) is 4.79 Å². The number of carbonyl (C=O) groups excluding carboxylic acids is 1. The quantitative estimate of drug-likeness (QED) is 0.580. The van der Waals surface area contributed by atoms with Gasteiger partial charge in [0.25, 0.3) is 0 Å². The van der Waals surface area contributed by atoms with Gasteiger partial charge in [0.2, 0.25) is 0 Å². The molecule has 16 heavy (non-hydrogen) atoms. The minimum atomic E-state index is -0.785. The summed E-state index contributed by atoms with van der Waals surface area (Å²) in [6, 6.07) is 0. The predicted molar refractivity (Wildman–Crippen MR) is 57.3 cm³/mol. The van der Waals surface area contributed by atoms with Crippen molar-refractivity contribution in [3.05, 3.63) is 0 Å². The van der Waals surface area contributed by atoms with Crippen molar-refractivity contribution in [2.75, 3.05) is 26.9 Å². The monoisotopic (exact) mass is 233 g/mol. The van der Waals surface area contributed by atoms with Gasteiger partial charge in [0.15, 0.2) is 0 Å². The van der Waals surface area contributed by atoms with Crippen LogP contribution < -0.4 is 5.32 Å². The molecule has 0 aliphatic rings. The Bertz CT molecular complexity index is 207. The fourth-order valence-electron chi connectivity index (χ4n) is 1.04. The van der Waals surface area contributed by atoms with Crippen molar-refractivity contribution in [1.29, 1.82) is 0 Å². The molecule has 0 aliphatic carbocycles. The molecule has 0 aliphatic heterocycles. The van der Waals surface area contributed by atoms with E-state index in [4.69, 9.17) is 14.6 Å². The summed E-state index contributed by atoms with van der Waals surface area (Å²) in [6.45, 7) is 1.12. The zero-order valence-electron chi connectivity index (χ0n) is 9.53. The van der Waals surface area contributed by atoms with Gasteiger partial charge in [0.05, 0.1) is 6.61 Å². The molecule has 0 fully saturated rings. The van der Waals surface area contributed by atoms with Crippen LogP contribution >= 0.6 is 0 Å². The molecule has 0 rings (SSSR count). The van der Waals surface area contributed by atoms with Gasteiger partial charge < -0.3 is 19.9 Å². The van der Waals surface area contributed by atoms with Crippen molar-refractivity contribution in [2.45, 2.75) is 25.7 Å². The number of hydrogen-bond acceptors (Lipinski definition) is 4. The van der Waals surface area contributed by atoms with Crippen LogP contribution in [-0.4, -0.2) is 44.0 Å². The molecule has 0 radical (unpaired) electrons. The first kappa shape index (κ1) is 14.7. The van der Waals surface area contributed by atoms with Crippen LogP contribution in [0.2, 0.25) is 0 Å². The van der Waals surface area contributed by atoms with E-state index in [9.17, 15) is 9.59 Å². The number of alkyl carbamates (subject to hydrolysis) is 1. The van der Waals surface area contributed by atoms with E-state index in [1.165, 1.54) is 7.11 Å². The lowest BCUT2D eigenvalue weighted by Crippen LogP contribution is -2.26. The average Bonchev–Trinajstić information content (AvgIpc) is 2.23. The van der Waals surface area contributed by atoms with Gasteiger partial charge in [-0.15, -0.1) is 0 Å². The largest absolute Gasteiger partial charge is 0.481 e. The van der Waals surface area contributed by atoms with Gasteiger partial charge >= 0.3 is 12.1 Å². The predicted octanol–water partition coefficient (Wildman–Crippen LogP) is 1.00. The Morgan fingerprint density at radius 2 is 1.94 bits per heavy atom. The molecule has 0 bridgehead atoms. The van der Waals surface area contributed by atoms with Gasteiger partial charge in [-0.05, 0) is 12.8 Å². The normalized spacial score (nSPS) is 9.81. The Hall–Kier alpha value is -1.30. The fraction of sp³-hybridized carbons (Fsp3) is 0.800. The highest BCUT2D eigenvalue weighted by Crippen LogP contribution is 1.98. The lowest BCUT2D eigenvalue weighted by Gasteiger charge is -2.05. The van der Waals surface area contributed by atoms with E-state index in [1.807, 2.05) is 0 Å². The molecule has 6 heteroatoms. The van der Waals surface area contributed by atoms with Gasteiger partial charge in [0, 0.05) is 20.1 Å². The van der Waals surface area contributed by atoms with Crippen LogP contribution in [0.3, 0.4) is 0 Å². The summed E-state index contributed by atoms with van der Waals surface area (Å²) in [5.74, 6) is -0.785. The molecule has 1 amide bonds. The Morgan fingerprint density at radius 3 is 2.56 bits per heavy atom. The van der Waals surface area contributed by atoms with Gasteiger partial charge in [-0.2, -0.15) is 0 Å². The summed E-state index contributed by atoms with van der Waals surface area (Å²) >= 11 is 0. The number of unbranched alkanes of at least 4 members (excludes halogenated alkanes) is 2. The molecular formula is C10H19NO5. The number of aliphatic carboxylic acids is 1. The Labute approximate surface area is 94.9 Å². The highest BCUT2D eigenvalue weighted by Gasteiger charge is 2.00. The van der Waals surface area contributed by atoms with Crippen LogP contribution in [0.4, 0.5) is 4.79 Å². The third-order valence-electron chi connectivity index (χ3n) is 1.86. The molecule has 0 saturated heterocycles. The molecular weight excluding hydrogens is 214 g/mol. The molecule has 0 aromatic heterocycles. The van der Waals surface area contributed by atoms with E-state index in [2.05, 4.69) is 5.32 Å². The zero-order chi connectivity index (χ0) is 12.2. The summed E-state index contributed by atoms with van der Waals surface area (Å²) in [4.78, 5) is 21.2. The smallest absolute Gasteiger partial charge is 0.407 e. The highest BCUT2D eigenvalue weighted by molar-refractivity contribution is 5.67. The Balaban J connectivity index is 3.18. The van der Waals surface area contributed by atoms with Crippen molar-refractivity contribution in [1.82, 2.24) is 5.32 Å². The summed E-state index contributed by atoms with van der Waals surface area (Å²) < 4.78 is 9.47. The third-order valence-corrected chi connectivity index (χ3v) is 1.86. The lowest BCUT2D eigenvalue weighted by atomic mass is 10.2. The van der Waals surface area contributed by atoms with Crippen molar-refractivity contribution < 1.29 is 24.2 Å². The number of rotatable bonds is 9.